The van der Waals surface area contributed by atoms with Gasteiger partial charge in [-0.15, -0.1) is 0 Å². The number of amidine groups is 1. The molecule has 21 heavy (non-hydrogen) atoms. The molecule has 1 aliphatic carbocycles. The van der Waals surface area contributed by atoms with E-state index in [1.165, 1.54) is 19.3 Å². The third-order valence-corrected chi connectivity index (χ3v) is 5.17. The van der Waals surface area contributed by atoms with Crippen LogP contribution in [0.25, 0.3) is 0 Å². The summed E-state index contributed by atoms with van der Waals surface area (Å²) in [4.78, 5) is 16.9. The molecule has 2 fully saturated rings. The molecule has 1 saturated carbocycles. The van der Waals surface area contributed by atoms with Crippen molar-refractivity contribution >= 4 is 11.7 Å². The lowest BCUT2D eigenvalue weighted by molar-refractivity contribution is -0.145. The quantitative estimate of drug-likeness (QED) is 0.355. The summed E-state index contributed by atoms with van der Waals surface area (Å²) < 4.78 is 0. The number of hydrogen-bond acceptors (Lipinski definition) is 4. The molecule has 1 aliphatic heterocycles. The molecular weight excluding hydrogens is 268 g/mol. The lowest BCUT2D eigenvalue weighted by atomic mass is 9.74. The van der Waals surface area contributed by atoms with E-state index in [1.54, 1.807) is 0 Å². The number of carbonyl (C=O) groups is 1. The number of rotatable bonds is 3. The van der Waals surface area contributed by atoms with Gasteiger partial charge in [0.15, 0.2) is 5.84 Å². The van der Waals surface area contributed by atoms with Gasteiger partial charge in [-0.25, -0.2) is 0 Å². The number of nitrogens with zero attached hydrogens (tertiary/aromatic N) is 3. The minimum atomic E-state index is -0.155. The van der Waals surface area contributed by atoms with E-state index in [2.05, 4.69) is 17.0 Å². The highest BCUT2D eigenvalue weighted by atomic mass is 16.4. The molecule has 3 N–H and O–H groups in total. The molecule has 0 aromatic carbocycles. The number of hydrogen-bond donors (Lipinski definition) is 2. The molecule has 0 aromatic heterocycles. The molecule has 1 amide bonds. The summed E-state index contributed by atoms with van der Waals surface area (Å²) in [5.74, 6) is 0.548. The third kappa shape index (κ3) is 3.48. The van der Waals surface area contributed by atoms with Crippen LogP contribution < -0.4 is 5.73 Å². The predicted octanol–water partition coefficient (Wildman–Crippen LogP) is 1.24. The Labute approximate surface area is 127 Å². The Hall–Kier alpha value is -1.30. The molecule has 0 radical (unpaired) electrons. The van der Waals surface area contributed by atoms with E-state index < -0.39 is 0 Å². The number of oxime groups is 1. The van der Waals surface area contributed by atoms with Crippen molar-refractivity contribution in [3.63, 3.8) is 0 Å². The molecule has 120 valence electrons. The molecule has 0 aromatic rings. The van der Waals surface area contributed by atoms with Gasteiger partial charge >= 0.3 is 0 Å². The Morgan fingerprint density at radius 3 is 2.29 bits per heavy atom. The zero-order valence-corrected chi connectivity index (χ0v) is 13.2. The largest absolute Gasteiger partial charge is 0.409 e. The van der Waals surface area contributed by atoms with E-state index in [4.69, 9.17) is 10.9 Å². The summed E-state index contributed by atoms with van der Waals surface area (Å²) >= 11 is 0. The first-order chi connectivity index (χ1) is 9.98. The van der Waals surface area contributed by atoms with Crippen molar-refractivity contribution in [3.8, 4) is 0 Å². The highest BCUT2D eigenvalue weighted by Gasteiger charge is 2.38. The smallest absolute Gasteiger partial charge is 0.228 e. The Balaban J connectivity index is 1.90. The van der Waals surface area contributed by atoms with Crippen LogP contribution in [0.3, 0.4) is 0 Å². The monoisotopic (exact) mass is 296 g/mol. The van der Waals surface area contributed by atoms with Crippen molar-refractivity contribution in [3.05, 3.63) is 0 Å². The van der Waals surface area contributed by atoms with Gasteiger partial charge in [-0.05, 0) is 19.8 Å². The van der Waals surface area contributed by atoms with Gasteiger partial charge < -0.3 is 15.8 Å². The topological polar surface area (TPSA) is 82.2 Å². The van der Waals surface area contributed by atoms with Gasteiger partial charge in [-0.1, -0.05) is 31.3 Å². The molecule has 2 rings (SSSR count). The van der Waals surface area contributed by atoms with E-state index in [9.17, 15) is 4.79 Å². The molecule has 1 saturated heterocycles. The van der Waals surface area contributed by atoms with Gasteiger partial charge in [-0.2, -0.15) is 0 Å². The molecule has 6 nitrogen and oxygen atoms in total. The Kier molecular flexibility index (Phi) is 5.08. The number of carbonyl (C=O) groups excluding carboxylic acids is 1. The number of piperazine rings is 1. The van der Waals surface area contributed by atoms with Crippen LogP contribution in [0.5, 0.6) is 0 Å². The van der Waals surface area contributed by atoms with Crippen LogP contribution in [-0.4, -0.2) is 59.0 Å². The summed E-state index contributed by atoms with van der Waals surface area (Å²) in [5.41, 5.74) is 5.50. The number of nitrogens with two attached hydrogens (primary N) is 1. The van der Waals surface area contributed by atoms with E-state index in [-0.39, 0.29) is 17.3 Å². The fraction of sp³-hybridized carbons (Fsp3) is 0.867. The maximum atomic E-state index is 12.8. The zero-order valence-electron chi connectivity index (χ0n) is 13.2. The van der Waals surface area contributed by atoms with Crippen LogP contribution in [-0.2, 0) is 4.79 Å². The molecule has 1 atom stereocenters. The lowest BCUT2D eigenvalue weighted by Crippen LogP contribution is -2.56. The van der Waals surface area contributed by atoms with Crippen molar-refractivity contribution < 1.29 is 10.0 Å². The van der Waals surface area contributed by atoms with Gasteiger partial charge in [0.2, 0.25) is 5.91 Å². The van der Waals surface area contributed by atoms with Gasteiger partial charge in [-0.3, -0.25) is 9.69 Å². The summed E-state index contributed by atoms with van der Waals surface area (Å²) in [6.45, 7) is 7.07. The highest BCUT2D eigenvalue weighted by molar-refractivity contribution is 5.85. The number of amides is 1. The van der Waals surface area contributed by atoms with Crippen LogP contribution in [0.15, 0.2) is 5.16 Å². The third-order valence-electron chi connectivity index (χ3n) is 5.17. The second kappa shape index (κ2) is 6.64. The SMILES string of the molecule is CC(C(N)=NO)N1CCN(C(=O)C2(C)CCCCC2)CC1. The first kappa shape index (κ1) is 16.1. The van der Waals surface area contributed by atoms with Crippen LogP contribution >= 0.6 is 0 Å². The van der Waals surface area contributed by atoms with Gasteiger partial charge in [0.1, 0.15) is 0 Å². The Morgan fingerprint density at radius 1 is 1.19 bits per heavy atom. The van der Waals surface area contributed by atoms with Crippen molar-refractivity contribution in [2.45, 2.75) is 52.0 Å². The summed E-state index contributed by atoms with van der Waals surface area (Å²) in [5, 5.41) is 11.8. The first-order valence-corrected chi connectivity index (χ1v) is 7.99. The lowest BCUT2D eigenvalue weighted by Gasteiger charge is -2.42. The average Bonchev–Trinajstić information content (AvgIpc) is 2.53. The van der Waals surface area contributed by atoms with Crippen molar-refractivity contribution in [1.29, 1.82) is 0 Å². The minimum absolute atomic E-state index is 0.0856. The van der Waals surface area contributed by atoms with Crippen molar-refractivity contribution in [2.24, 2.45) is 16.3 Å². The first-order valence-electron chi connectivity index (χ1n) is 7.99. The van der Waals surface area contributed by atoms with Crippen molar-refractivity contribution in [2.75, 3.05) is 26.2 Å². The van der Waals surface area contributed by atoms with E-state index in [1.807, 2.05) is 11.8 Å². The summed E-state index contributed by atoms with van der Waals surface area (Å²) in [6.07, 6.45) is 5.64. The van der Waals surface area contributed by atoms with E-state index in [0.29, 0.717) is 5.91 Å². The molecule has 6 heteroatoms. The molecule has 2 aliphatic rings. The summed E-state index contributed by atoms with van der Waals surface area (Å²) in [6, 6.07) is -0.0856. The molecule has 0 spiro atoms. The second-order valence-corrected chi connectivity index (χ2v) is 6.65. The summed E-state index contributed by atoms with van der Waals surface area (Å²) in [7, 11) is 0. The van der Waals surface area contributed by atoms with Crippen LogP contribution in [0, 0.1) is 5.41 Å². The van der Waals surface area contributed by atoms with Crippen LogP contribution in [0.2, 0.25) is 0 Å². The highest BCUT2D eigenvalue weighted by Crippen LogP contribution is 2.37. The van der Waals surface area contributed by atoms with Gasteiger partial charge in [0.05, 0.1) is 6.04 Å². The standard InChI is InChI=1S/C15H28N4O2/c1-12(13(16)17-21)18-8-10-19(11-9-18)14(20)15(2)6-4-3-5-7-15/h12,21H,3-11H2,1-2H3,(H2,16,17). The van der Waals surface area contributed by atoms with E-state index in [0.717, 1.165) is 39.0 Å². The van der Waals surface area contributed by atoms with Crippen LogP contribution in [0.4, 0.5) is 0 Å². The molecule has 0 bridgehead atoms. The van der Waals surface area contributed by atoms with E-state index >= 15 is 0 Å². The maximum Gasteiger partial charge on any atom is 0.228 e. The van der Waals surface area contributed by atoms with Gasteiger partial charge in [0.25, 0.3) is 0 Å². The molecule has 1 unspecified atom stereocenters. The van der Waals surface area contributed by atoms with Crippen LogP contribution in [0.1, 0.15) is 46.0 Å². The predicted molar refractivity (Wildman–Crippen MR) is 82.2 cm³/mol. The normalized spacial score (nSPS) is 25.6. The fourth-order valence-corrected chi connectivity index (χ4v) is 3.51. The average molecular weight is 296 g/mol. The Bertz CT molecular complexity index is 396. The Morgan fingerprint density at radius 2 is 1.76 bits per heavy atom. The van der Waals surface area contributed by atoms with Gasteiger partial charge in [0, 0.05) is 31.6 Å². The maximum absolute atomic E-state index is 12.8. The minimum Gasteiger partial charge on any atom is -0.409 e. The molecule has 1 heterocycles. The molecular formula is C15H28N4O2. The zero-order chi connectivity index (χ0) is 15.5. The van der Waals surface area contributed by atoms with Crippen molar-refractivity contribution in [1.82, 2.24) is 9.80 Å². The second-order valence-electron chi connectivity index (χ2n) is 6.65. The fourth-order valence-electron chi connectivity index (χ4n) is 3.51.